The molecule has 31 heavy (non-hydrogen) atoms. The maximum absolute atomic E-state index is 12.7. The Labute approximate surface area is 181 Å². The second-order valence-corrected chi connectivity index (χ2v) is 8.66. The van der Waals surface area contributed by atoms with Crippen LogP contribution in [0.15, 0.2) is 45.1 Å². The highest BCUT2D eigenvalue weighted by atomic mass is 16.6. The molecule has 7 nitrogen and oxygen atoms in total. The normalized spacial score (nSPS) is 20.2. The third kappa shape index (κ3) is 4.65. The van der Waals surface area contributed by atoms with E-state index in [0.29, 0.717) is 22.3 Å². The van der Waals surface area contributed by atoms with Crippen LogP contribution in [0.1, 0.15) is 59.6 Å². The number of esters is 2. The molecule has 0 amide bonds. The Bertz CT molecular complexity index is 1090. The fourth-order valence-corrected chi connectivity index (χ4v) is 3.53. The molecule has 1 aromatic carbocycles. The molecular formula is C24H28O7. The summed E-state index contributed by atoms with van der Waals surface area (Å²) in [6.07, 6.45) is -0.127. The molecule has 1 aliphatic heterocycles. The molecular weight excluding hydrogens is 400 g/mol. The standard InChI is InChI=1S/C24H28O7/c1-7-14(4)23(27)30-21-19-16(10-8-15-9-11-17(25)28-20(15)19)31-24(5,6)22(21)29-18(26)12-13(2)3/h7-11,13,21-22H,12H2,1-6H3/b14-7-/t21-,22-/m0/s1. The molecule has 2 aromatic rings. The van der Waals surface area contributed by atoms with E-state index >= 15 is 0 Å². The van der Waals surface area contributed by atoms with Gasteiger partial charge in [0.2, 0.25) is 0 Å². The van der Waals surface area contributed by atoms with Crippen molar-refractivity contribution in [3.63, 3.8) is 0 Å². The predicted octanol–water partition coefficient (Wildman–Crippen LogP) is 4.47. The topological polar surface area (TPSA) is 92.0 Å². The van der Waals surface area contributed by atoms with Crippen LogP contribution in [0.4, 0.5) is 0 Å². The van der Waals surface area contributed by atoms with E-state index in [1.54, 1.807) is 52.0 Å². The minimum absolute atomic E-state index is 0.0949. The Morgan fingerprint density at radius 1 is 1.16 bits per heavy atom. The van der Waals surface area contributed by atoms with Crippen LogP contribution in [-0.4, -0.2) is 23.6 Å². The first-order chi connectivity index (χ1) is 14.5. The van der Waals surface area contributed by atoms with Crippen LogP contribution in [0.2, 0.25) is 0 Å². The molecule has 2 heterocycles. The van der Waals surface area contributed by atoms with Crippen molar-refractivity contribution in [3.05, 3.63) is 51.9 Å². The predicted molar refractivity (Wildman–Crippen MR) is 115 cm³/mol. The first kappa shape index (κ1) is 22.6. The van der Waals surface area contributed by atoms with Crippen LogP contribution < -0.4 is 10.4 Å². The maximum atomic E-state index is 12.7. The Morgan fingerprint density at radius 3 is 2.48 bits per heavy atom. The fourth-order valence-electron chi connectivity index (χ4n) is 3.53. The Hall–Kier alpha value is -3.09. The SMILES string of the molecule is C/C=C(/C)C(=O)O[C@H]1c2c(ccc3ccc(=O)oc23)OC(C)(C)[C@H]1OC(=O)CC(C)C. The third-order valence-corrected chi connectivity index (χ3v) is 5.23. The smallest absolute Gasteiger partial charge is 0.336 e. The second kappa shape index (κ2) is 8.57. The molecule has 0 fully saturated rings. The summed E-state index contributed by atoms with van der Waals surface area (Å²) in [5, 5.41) is 0.637. The van der Waals surface area contributed by atoms with Gasteiger partial charge < -0.3 is 18.6 Å². The zero-order chi connectivity index (χ0) is 22.9. The molecule has 0 unspecified atom stereocenters. The van der Waals surface area contributed by atoms with Crippen molar-refractivity contribution in [3.8, 4) is 5.75 Å². The number of hydrogen-bond acceptors (Lipinski definition) is 7. The number of rotatable bonds is 5. The highest BCUT2D eigenvalue weighted by Crippen LogP contribution is 2.46. The van der Waals surface area contributed by atoms with E-state index in [1.165, 1.54) is 6.07 Å². The van der Waals surface area contributed by atoms with Gasteiger partial charge in [-0.15, -0.1) is 0 Å². The van der Waals surface area contributed by atoms with Crippen LogP contribution in [0.3, 0.4) is 0 Å². The number of benzene rings is 1. The molecule has 1 aromatic heterocycles. The Balaban J connectivity index is 2.18. The lowest BCUT2D eigenvalue weighted by atomic mass is 9.87. The maximum Gasteiger partial charge on any atom is 0.336 e. The molecule has 3 rings (SSSR count). The van der Waals surface area contributed by atoms with Crippen molar-refractivity contribution < 1.29 is 28.2 Å². The number of carbonyl (C=O) groups excluding carboxylic acids is 2. The average molecular weight is 428 g/mol. The zero-order valence-electron chi connectivity index (χ0n) is 18.7. The Morgan fingerprint density at radius 2 is 1.84 bits per heavy atom. The van der Waals surface area contributed by atoms with Crippen LogP contribution >= 0.6 is 0 Å². The summed E-state index contributed by atoms with van der Waals surface area (Å²) in [5.74, 6) is -0.488. The molecule has 1 aliphatic rings. The van der Waals surface area contributed by atoms with Crippen molar-refractivity contribution in [2.45, 2.75) is 65.8 Å². The van der Waals surface area contributed by atoms with Crippen LogP contribution in [-0.2, 0) is 19.1 Å². The molecule has 7 heteroatoms. The van der Waals surface area contributed by atoms with Gasteiger partial charge in [-0.3, -0.25) is 4.79 Å². The second-order valence-electron chi connectivity index (χ2n) is 8.66. The summed E-state index contributed by atoms with van der Waals surface area (Å²) in [5.41, 5.74) is -0.541. The van der Waals surface area contributed by atoms with E-state index in [9.17, 15) is 14.4 Å². The summed E-state index contributed by atoms with van der Waals surface area (Å²) >= 11 is 0. The van der Waals surface area contributed by atoms with E-state index < -0.39 is 35.4 Å². The van der Waals surface area contributed by atoms with Gasteiger partial charge in [0.1, 0.15) is 16.9 Å². The van der Waals surface area contributed by atoms with Crippen LogP contribution in [0.5, 0.6) is 5.75 Å². The van der Waals surface area contributed by atoms with Gasteiger partial charge in [0.15, 0.2) is 12.2 Å². The number of hydrogen-bond donors (Lipinski definition) is 0. The summed E-state index contributed by atoms with van der Waals surface area (Å²) in [6.45, 7) is 10.7. The summed E-state index contributed by atoms with van der Waals surface area (Å²) in [4.78, 5) is 37.2. The molecule has 0 radical (unpaired) electrons. The molecule has 166 valence electrons. The van der Waals surface area contributed by atoms with Crippen molar-refractivity contribution in [2.75, 3.05) is 0 Å². The molecule has 2 atom stereocenters. The highest BCUT2D eigenvalue weighted by molar-refractivity contribution is 5.89. The van der Waals surface area contributed by atoms with Crippen molar-refractivity contribution >= 4 is 22.9 Å². The summed E-state index contributed by atoms with van der Waals surface area (Å²) in [7, 11) is 0. The van der Waals surface area contributed by atoms with Gasteiger partial charge in [-0.05, 0) is 51.8 Å². The molecule has 0 saturated carbocycles. The molecule has 0 N–H and O–H groups in total. The molecule has 0 aliphatic carbocycles. The lowest BCUT2D eigenvalue weighted by Gasteiger charge is -2.43. The van der Waals surface area contributed by atoms with Gasteiger partial charge in [0.25, 0.3) is 0 Å². The minimum Gasteiger partial charge on any atom is -0.483 e. The van der Waals surface area contributed by atoms with Crippen molar-refractivity contribution in [1.29, 1.82) is 0 Å². The number of fused-ring (bicyclic) bond motifs is 3. The van der Waals surface area contributed by atoms with E-state index in [4.69, 9.17) is 18.6 Å². The number of allylic oxidation sites excluding steroid dienone is 1. The third-order valence-electron chi connectivity index (χ3n) is 5.23. The Kier molecular flexibility index (Phi) is 6.25. The van der Waals surface area contributed by atoms with Crippen molar-refractivity contribution in [2.24, 2.45) is 5.92 Å². The molecule has 0 saturated heterocycles. The van der Waals surface area contributed by atoms with E-state index in [-0.39, 0.29) is 17.9 Å². The van der Waals surface area contributed by atoms with Crippen LogP contribution in [0, 0.1) is 5.92 Å². The highest BCUT2D eigenvalue weighted by Gasteiger charge is 2.50. The summed E-state index contributed by atoms with van der Waals surface area (Å²) in [6, 6.07) is 6.42. The molecule has 0 bridgehead atoms. The van der Waals surface area contributed by atoms with E-state index in [0.717, 1.165) is 0 Å². The van der Waals surface area contributed by atoms with Gasteiger partial charge >= 0.3 is 17.6 Å². The first-order valence-corrected chi connectivity index (χ1v) is 10.3. The average Bonchev–Trinajstić information content (AvgIpc) is 2.68. The van der Waals surface area contributed by atoms with Gasteiger partial charge in [0, 0.05) is 23.4 Å². The lowest BCUT2D eigenvalue weighted by molar-refractivity contribution is -0.189. The zero-order valence-corrected chi connectivity index (χ0v) is 18.7. The molecule has 0 spiro atoms. The van der Waals surface area contributed by atoms with E-state index in [2.05, 4.69) is 0 Å². The minimum atomic E-state index is -1.02. The number of carbonyl (C=O) groups is 2. The lowest BCUT2D eigenvalue weighted by Crippen LogP contribution is -2.52. The van der Waals surface area contributed by atoms with Crippen molar-refractivity contribution in [1.82, 2.24) is 0 Å². The van der Waals surface area contributed by atoms with Gasteiger partial charge in [0.05, 0.1) is 5.56 Å². The first-order valence-electron chi connectivity index (χ1n) is 10.3. The monoisotopic (exact) mass is 428 g/mol. The fraction of sp³-hybridized carbons (Fsp3) is 0.458. The van der Waals surface area contributed by atoms with E-state index in [1.807, 2.05) is 13.8 Å². The van der Waals surface area contributed by atoms with Gasteiger partial charge in [-0.1, -0.05) is 19.9 Å². The summed E-state index contributed by atoms with van der Waals surface area (Å²) < 4.78 is 23.2. The quantitative estimate of drug-likeness (QED) is 0.394. The number of ether oxygens (including phenoxy) is 3. The van der Waals surface area contributed by atoms with Gasteiger partial charge in [-0.2, -0.15) is 0 Å². The largest absolute Gasteiger partial charge is 0.483 e. The van der Waals surface area contributed by atoms with Gasteiger partial charge in [-0.25, -0.2) is 9.59 Å². The van der Waals surface area contributed by atoms with Crippen LogP contribution in [0.25, 0.3) is 11.0 Å².